The Labute approximate surface area is 183 Å². The summed E-state index contributed by atoms with van der Waals surface area (Å²) in [6.07, 6.45) is 1.44. The molecule has 1 amide bonds. The zero-order chi connectivity index (χ0) is 21.4. The quantitative estimate of drug-likeness (QED) is 0.468. The van der Waals surface area contributed by atoms with Crippen LogP contribution >= 0.6 is 22.9 Å². The van der Waals surface area contributed by atoms with Crippen LogP contribution in [0.25, 0.3) is 21.3 Å². The summed E-state index contributed by atoms with van der Waals surface area (Å²) >= 11 is 7.48. The molecule has 0 saturated carbocycles. The number of aryl methyl sites for hydroxylation is 3. The Hall–Kier alpha value is -2.96. The number of hydrogen-bond acceptors (Lipinski definition) is 4. The normalized spacial score (nSPS) is 11.1. The molecule has 1 N–H and O–H groups in total. The van der Waals surface area contributed by atoms with E-state index < -0.39 is 0 Å². The van der Waals surface area contributed by atoms with Gasteiger partial charge in [0.1, 0.15) is 11.4 Å². The van der Waals surface area contributed by atoms with Crippen LogP contribution < -0.4 is 10.9 Å². The summed E-state index contributed by atoms with van der Waals surface area (Å²) in [5.41, 5.74) is 4.35. The molecular formula is C23H20ClN3O2S. The molecule has 0 aliphatic rings. The van der Waals surface area contributed by atoms with Crippen molar-refractivity contribution >= 4 is 44.7 Å². The maximum Gasteiger partial charge on any atom is 0.263 e. The molecule has 30 heavy (non-hydrogen) atoms. The van der Waals surface area contributed by atoms with E-state index in [1.807, 2.05) is 51.1 Å². The fraction of sp³-hybridized carbons (Fsp3) is 0.174. The number of benzene rings is 2. The number of fused-ring (bicyclic) bond motifs is 1. The minimum Gasteiger partial charge on any atom is -0.324 e. The highest BCUT2D eigenvalue weighted by atomic mass is 35.5. The predicted molar refractivity (Wildman–Crippen MR) is 124 cm³/mol. The van der Waals surface area contributed by atoms with Gasteiger partial charge in [-0.05, 0) is 50.1 Å². The third kappa shape index (κ3) is 3.88. The SMILES string of the molecule is Cc1ccc(NC(=O)Cn2cnc3sc(C)c(-c4ccc(Cl)cc4)c3c2=O)c(C)c1. The van der Waals surface area contributed by atoms with Crippen molar-refractivity contribution in [3.05, 3.63) is 80.2 Å². The van der Waals surface area contributed by atoms with Gasteiger partial charge in [0, 0.05) is 21.2 Å². The lowest BCUT2D eigenvalue weighted by molar-refractivity contribution is -0.116. The highest BCUT2D eigenvalue weighted by Crippen LogP contribution is 2.35. The summed E-state index contributed by atoms with van der Waals surface area (Å²) in [5.74, 6) is -0.273. The number of carbonyl (C=O) groups excluding carboxylic acids is 1. The second kappa shape index (κ2) is 8.05. The minimum atomic E-state index is -0.273. The number of anilines is 1. The fourth-order valence-corrected chi connectivity index (χ4v) is 4.64. The van der Waals surface area contributed by atoms with Gasteiger partial charge in [0.05, 0.1) is 11.7 Å². The Kier molecular flexibility index (Phi) is 5.45. The fourth-order valence-electron chi connectivity index (χ4n) is 3.51. The second-order valence-electron chi connectivity index (χ2n) is 7.26. The molecule has 2 aromatic heterocycles. The first-order valence-corrected chi connectivity index (χ1v) is 10.6. The summed E-state index contributed by atoms with van der Waals surface area (Å²) in [4.78, 5) is 31.9. The zero-order valence-corrected chi connectivity index (χ0v) is 18.4. The molecule has 4 rings (SSSR count). The largest absolute Gasteiger partial charge is 0.324 e. The number of thiophene rings is 1. The molecule has 0 aliphatic heterocycles. The monoisotopic (exact) mass is 437 g/mol. The summed E-state index contributed by atoms with van der Waals surface area (Å²) in [5, 5.41) is 4.04. The topological polar surface area (TPSA) is 64.0 Å². The van der Waals surface area contributed by atoms with Crippen molar-refractivity contribution < 1.29 is 4.79 Å². The van der Waals surface area contributed by atoms with Crippen LogP contribution in [0.3, 0.4) is 0 Å². The van der Waals surface area contributed by atoms with Crippen LogP contribution in [0.2, 0.25) is 5.02 Å². The van der Waals surface area contributed by atoms with Gasteiger partial charge in [-0.3, -0.25) is 14.2 Å². The van der Waals surface area contributed by atoms with Crippen LogP contribution in [0, 0.1) is 20.8 Å². The van der Waals surface area contributed by atoms with E-state index in [9.17, 15) is 9.59 Å². The number of rotatable bonds is 4. The minimum absolute atomic E-state index is 0.107. The smallest absolute Gasteiger partial charge is 0.263 e. The first-order chi connectivity index (χ1) is 14.3. The Bertz CT molecular complexity index is 1320. The third-order valence-corrected chi connectivity index (χ3v) is 6.22. The standard InChI is InChI=1S/C23H20ClN3O2S/c1-13-4-9-18(14(2)10-13)26-19(28)11-27-12-25-22-21(23(27)29)20(15(3)30-22)16-5-7-17(24)8-6-16/h4-10,12H,11H2,1-3H3,(H,26,28). The number of nitrogens with one attached hydrogen (secondary N) is 1. The summed E-state index contributed by atoms with van der Waals surface area (Å²) < 4.78 is 1.35. The number of amides is 1. The average Bonchev–Trinajstić information content (AvgIpc) is 3.04. The van der Waals surface area contributed by atoms with Gasteiger partial charge in [0.15, 0.2) is 0 Å². The van der Waals surface area contributed by atoms with Crippen molar-refractivity contribution in [2.45, 2.75) is 27.3 Å². The van der Waals surface area contributed by atoms with Gasteiger partial charge in [-0.25, -0.2) is 4.98 Å². The van der Waals surface area contributed by atoms with E-state index in [1.54, 1.807) is 12.1 Å². The van der Waals surface area contributed by atoms with Gasteiger partial charge >= 0.3 is 0 Å². The molecule has 0 atom stereocenters. The van der Waals surface area contributed by atoms with Crippen molar-refractivity contribution in [1.29, 1.82) is 0 Å². The molecule has 5 nitrogen and oxygen atoms in total. The molecule has 152 valence electrons. The van der Waals surface area contributed by atoms with Crippen LogP contribution in [0.5, 0.6) is 0 Å². The summed E-state index contributed by atoms with van der Waals surface area (Å²) in [7, 11) is 0. The van der Waals surface area contributed by atoms with Crippen LogP contribution in [-0.2, 0) is 11.3 Å². The third-order valence-electron chi connectivity index (χ3n) is 4.96. The number of nitrogens with zero attached hydrogens (tertiary/aromatic N) is 2. The molecule has 0 radical (unpaired) electrons. The Morgan fingerprint density at radius 1 is 1.13 bits per heavy atom. The molecule has 0 aliphatic carbocycles. The molecule has 0 saturated heterocycles. The first-order valence-electron chi connectivity index (χ1n) is 9.45. The molecular weight excluding hydrogens is 418 g/mol. The van der Waals surface area contributed by atoms with Crippen molar-refractivity contribution in [2.24, 2.45) is 0 Å². The van der Waals surface area contributed by atoms with Crippen molar-refractivity contribution in [1.82, 2.24) is 9.55 Å². The van der Waals surface area contributed by atoms with Gasteiger partial charge < -0.3 is 5.32 Å². The number of hydrogen-bond donors (Lipinski definition) is 1. The van der Waals surface area contributed by atoms with E-state index in [0.29, 0.717) is 15.2 Å². The van der Waals surface area contributed by atoms with E-state index in [0.717, 1.165) is 32.8 Å². The van der Waals surface area contributed by atoms with Gasteiger partial charge in [-0.2, -0.15) is 0 Å². The van der Waals surface area contributed by atoms with E-state index in [4.69, 9.17) is 11.6 Å². The zero-order valence-electron chi connectivity index (χ0n) is 16.8. The Morgan fingerprint density at radius 2 is 1.87 bits per heavy atom. The second-order valence-corrected chi connectivity index (χ2v) is 8.90. The maximum atomic E-state index is 13.2. The van der Waals surface area contributed by atoms with Crippen LogP contribution in [-0.4, -0.2) is 15.5 Å². The van der Waals surface area contributed by atoms with Crippen LogP contribution in [0.15, 0.2) is 53.6 Å². The van der Waals surface area contributed by atoms with Crippen molar-refractivity contribution in [3.8, 4) is 11.1 Å². The molecule has 4 aromatic rings. The molecule has 2 heterocycles. The molecule has 0 spiro atoms. The van der Waals surface area contributed by atoms with Gasteiger partial charge in [-0.15, -0.1) is 11.3 Å². The lowest BCUT2D eigenvalue weighted by atomic mass is 10.0. The van der Waals surface area contributed by atoms with Gasteiger partial charge in [0.2, 0.25) is 5.91 Å². The average molecular weight is 438 g/mol. The van der Waals surface area contributed by atoms with Crippen LogP contribution in [0.4, 0.5) is 5.69 Å². The van der Waals surface area contributed by atoms with E-state index in [2.05, 4.69) is 10.3 Å². The maximum absolute atomic E-state index is 13.2. The van der Waals surface area contributed by atoms with Gasteiger partial charge in [0.25, 0.3) is 5.56 Å². The van der Waals surface area contributed by atoms with Crippen LogP contribution in [0.1, 0.15) is 16.0 Å². The summed E-state index contributed by atoms with van der Waals surface area (Å²) in [6.45, 7) is 5.80. The predicted octanol–water partition coefficient (Wildman–Crippen LogP) is 5.34. The Morgan fingerprint density at radius 3 is 2.57 bits per heavy atom. The van der Waals surface area contributed by atoms with Gasteiger partial charge in [-0.1, -0.05) is 41.4 Å². The lowest BCUT2D eigenvalue weighted by Gasteiger charge is -2.10. The Balaban J connectivity index is 1.69. The number of aromatic nitrogens is 2. The molecule has 0 bridgehead atoms. The number of halogens is 1. The molecule has 2 aromatic carbocycles. The molecule has 7 heteroatoms. The molecule has 0 unspecified atom stereocenters. The number of carbonyl (C=O) groups is 1. The van der Waals surface area contributed by atoms with Crippen molar-refractivity contribution in [3.63, 3.8) is 0 Å². The lowest BCUT2D eigenvalue weighted by Crippen LogP contribution is -2.28. The highest BCUT2D eigenvalue weighted by Gasteiger charge is 2.18. The highest BCUT2D eigenvalue weighted by molar-refractivity contribution is 7.19. The van der Waals surface area contributed by atoms with Crippen molar-refractivity contribution in [2.75, 3.05) is 5.32 Å². The van der Waals surface area contributed by atoms with E-state index in [-0.39, 0.29) is 18.0 Å². The first kappa shape index (κ1) is 20.3. The summed E-state index contributed by atoms with van der Waals surface area (Å²) in [6, 6.07) is 13.2. The van der Waals surface area contributed by atoms with E-state index >= 15 is 0 Å². The molecule has 0 fully saturated rings. The van der Waals surface area contributed by atoms with E-state index in [1.165, 1.54) is 22.2 Å².